The maximum absolute atomic E-state index is 12.7. The molecule has 27 heavy (non-hydrogen) atoms. The quantitative estimate of drug-likeness (QED) is 0.906. The van der Waals surface area contributed by atoms with Crippen LogP contribution in [-0.2, 0) is 16.0 Å². The molecule has 2 heterocycles. The Morgan fingerprint density at radius 1 is 1.04 bits per heavy atom. The first-order valence-electron chi connectivity index (χ1n) is 9.57. The summed E-state index contributed by atoms with van der Waals surface area (Å²) in [5.74, 6) is 0.975. The molecule has 1 N–H and O–H groups in total. The number of benzene rings is 2. The third kappa shape index (κ3) is 4.13. The van der Waals surface area contributed by atoms with Crippen LogP contribution in [0.25, 0.3) is 0 Å². The molecule has 4 rings (SSSR count). The number of anilines is 1. The van der Waals surface area contributed by atoms with E-state index in [4.69, 9.17) is 4.74 Å². The largest absolute Gasteiger partial charge is 0.478 e. The lowest BCUT2D eigenvalue weighted by Crippen LogP contribution is -2.44. The van der Waals surface area contributed by atoms with E-state index >= 15 is 0 Å². The van der Waals surface area contributed by atoms with E-state index in [1.165, 1.54) is 5.56 Å². The molecule has 2 aliphatic rings. The van der Waals surface area contributed by atoms with Crippen molar-refractivity contribution in [2.45, 2.75) is 31.8 Å². The molecule has 2 aromatic rings. The Morgan fingerprint density at radius 2 is 1.74 bits per heavy atom. The van der Waals surface area contributed by atoms with E-state index in [1.54, 1.807) is 12.1 Å². The van der Waals surface area contributed by atoms with Crippen LogP contribution in [0.15, 0.2) is 54.6 Å². The van der Waals surface area contributed by atoms with Crippen molar-refractivity contribution in [1.29, 1.82) is 0 Å². The molecular formula is C22H24N2O3. The summed E-state index contributed by atoms with van der Waals surface area (Å²) in [7, 11) is 0. The number of amides is 2. The predicted molar refractivity (Wildman–Crippen MR) is 104 cm³/mol. The van der Waals surface area contributed by atoms with E-state index < -0.39 is 6.10 Å². The van der Waals surface area contributed by atoms with Gasteiger partial charge in [-0.3, -0.25) is 9.59 Å². The lowest BCUT2D eigenvalue weighted by atomic mass is 9.90. The van der Waals surface area contributed by atoms with Gasteiger partial charge in [-0.2, -0.15) is 0 Å². The van der Waals surface area contributed by atoms with Crippen LogP contribution in [0.3, 0.4) is 0 Å². The summed E-state index contributed by atoms with van der Waals surface area (Å²) in [6.07, 6.45) is 2.40. The van der Waals surface area contributed by atoms with Gasteiger partial charge in [0.15, 0.2) is 6.10 Å². The van der Waals surface area contributed by atoms with E-state index in [0.717, 1.165) is 32.4 Å². The second-order valence-electron chi connectivity index (χ2n) is 7.31. The Bertz CT molecular complexity index is 813. The summed E-state index contributed by atoms with van der Waals surface area (Å²) in [5, 5.41) is 2.82. The van der Waals surface area contributed by atoms with Crippen LogP contribution in [0.2, 0.25) is 0 Å². The fraction of sp³-hybridized carbons (Fsp3) is 0.364. The Kier molecular flexibility index (Phi) is 5.10. The number of rotatable bonds is 4. The van der Waals surface area contributed by atoms with Gasteiger partial charge in [-0.25, -0.2) is 0 Å². The molecule has 5 nitrogen and oxygen atoms in total. The van der Waals surface area contributed by atoms with Crippen LogP contribution in [-0.4, -0.2) is 35.9 Å². The molecule has 1 fully saturated rings. The van der Waals surface area contributed by atoms with Crippen molar-refractivity contribution in [3.63, 3.8) is 0 Å². The number of ether oxygens (including phenoxy) is 1. The molecule has 0 unspecified atom stereocenters. The highest BCUT2D eigenvalue weighted by atomic mass is 16.5. The van der Waals surface area contributed by atoms with Crippen molar-refractivity contribution in [3.05, 3.63) is 60.2 Å². The molecule has 0 aliphatic carbocycles. The first kappa shape index (κ1) is 17.6. The zero-order valence-electron chi connectivity index (χ0n) is 15.3. The van der Waals surface area contributed by atoms with Gasteiger partial charge in [0, 0.05) is 13.1 Å². The summed E-state index contributed by atoms with van der Waals surface area (Å²) >= 11 is 0. The van der Waals surface area contributed by atoms with Gasteiger partial charge < -0.3 is 15.0 Å². The summed E-state index contributed by atoms with van der Waals surface area (Å²) < 4.78 is 5.75. The first-order valence-corrected chi connectivity index (χ1v) is 9.57. The fourth-order valence-corrected chi connectivity index (χ4v) is 3.85. The van der Waals surface area contributed by atoms with Crippen LogP contribution >= 0.6 is 0 Å². The molecule has 0 bridgehead atoms. The molecule has 0 spiro atoms. The van der Waals surface area contributed by atoms with E-state index in [0.29, 0.717) is 17.4 Å². The Hall–Kier alpha value is -2.82. The van der Waals surface area contributed by atoms with Crippen molar-refractivity contribution < 1.29 is 14.3 Å². The lowest BCUT2D eigenvalue weighted by Gasteiger charge is -2.33. The average molecular weight is 364 g/mol. The number of nitrogens with one attached hydrogen (secondary N) is 1. The molecule has 0 saturated carbocycles. The lowest BCUT2D eigenvalue weighted by molar-refractivity contribution is -0.138. The first-order chi connectivity index (χ1) is 13.2. The number of carbonyl (C=O) groups excluding carboxylic acids is 2. The van der Waals surface area contributed by atoms with E-state index in [1.807, 2.05) is 23.1 Å². The number of hydrogen-bond acceptors (Lipinski definition) is 3. The van der Waals surface area contributed by atoms with Gasteiger partial charge >= 0.3 is 0 Å². The van der Waals surface area contributed by atoms with E-state index in [2.05, 4.69) is 29.6 Å². The molecule has 0 aromatic heterocycles. The standard InChI is InChI=1S/C22H24N2O3/c25-21(15-20-22(26)23-18-8-4-5-9-19(18)27-20)24-12-10-17(11-13-24)14-16-6-2-1-3-7-16/h1-9,17,20H,10-15H2,(H,23,26)/t20-/m0/s1. The highest BCUT2D eigenvalue weighted by Gasteiger charge is 2.32. The summed E-state index contributed by atoms with van der Waals surface area (Å²) in [4.78, 5) is 26.8. The van der Waals surface area contributed by atoms with Crippen LogP contribution in [0.1, 0.15) is 24.8 Å². The number of fused-ring (bicyclic) bond motifs is 1. The van der Waals surface area contributed by atoms with Gasteiger partial charge in [0.25, 0.3) is 5.91 Å². The van der Waals surface area contributed by atoms with Crippen molar-refractivity contribution in [2.75, 3.05) is 18.4 Å². The van der Waals surface area contributed by atoms with Crippen LogP contribution in [0.5, 0.6) is 5.75 Å². The number of likely N-dealkylation sites (tertiary alicyclic amines) is 1. The van der Waals surface area contributed by atoms with Crippen LogP contribution in [0.4, 0.5) is 5.69 Å². The smallest absolute Gasteiger partial charge is 0.266 e. The second kappa shape index (κ2) is 7.82. The molecule has 2 amide bonds. The third-order valence-electron chi connectivity index (χ3n) is 5.40. The van der Waals surface area contributed by atoms with E-state index in [-0.39, 0.29) is 18.2 Å². The molecule has 2 aliphatic heterocycles. The minimum Gasteiger partial charge on any atom is -0.478 e. The SMILES string of the molecule is O=C1Nc2ccccc2O[C@H]1CC(=O)N1CCC(Cc2ccccc2)CC1. The molecule has 5 heteroatoms. The maximum atomic E-state index is 12.7. The predicted octanol–water partition coefficient (Wildman–Crippen LogP) is 3.26. The topological polar surface area (TPSA) is 58.6 Å². The molecular weight excluding hydrogens is 340 g/mol. The molecule has 2 aromatic carbocycles. The summed E-state index contributed by atoms with van der Waals surface area (Å²) in [6, 6.07) is 17.8. The zero-order chi connectivity index (χ0) is 18.6. The molecule has 1 atom stereocenters. The monoisotopic (exact) mass is 364 g/mol. The van der Waals surface area contributed by atoms with Crippen molar-refractivity contribution in [1.82, 2.24) is 4.90 Å². The maximum Gasteiger partial charge on any atom is 0.266 e. The minimum absolute atomic E-state index is 0.00677. The highest BCUT2D eigenvalue weighted by Crippen LogP contribution is 2.30. The molecule has 140 valence electrons. The van der Waals surface area contributed by atoms with Gasteiger partial charge in [0.05, 0.1) is 12.1 Å². The van der Waals surface area contributed by atoms with Crippen molar-refractivity contribution in [2.24, 2.45) is 5.92 Å². The van der Waals surface area contributed by atoms with Gasteiger partial charge in [-0.15, -0.1) is 0 Å². The van der Waals surface area contributed by atoms with Crippen LogP contribution in [0, 0.1) is 5.92 Å². The average Bonchev–Trinajstić information content (AvgIpc) is 2.70. The highest BCUT2D eigenvalue weighted by molar-refractivity contribution is 5.99. The number of piperidine rings is 1. The third-order valence-corrected chi connectivity index (χ3v) is 5.40. The van der Waals surface area contributed by atoms with Crippen LogP contribution < -0.4 is 10.1 Å². The number of hydrogen-bond donors (Lipinski definition) is 1. The Labute approximate surface area is 159 Å². The second-order valence-corrected chi connectivity index (χ2v) is 7.31. The number of nitrogens with zero attached hydrogens (tertiary/aromatic N) is 1. The summed E-state index contributed by atoms with van der Waals surface area (Å²) in [6.45, 7) is 1.50. The number of carbonyl (C=O) groups is 2. The Morgan fingerprint density at radius 3 is 2.52 bits per heavy atom. The fourth-order valence-electron chi connectivity index (χ4n) is 3.85. The van der Waals surface area contributed by atoms with Gasteiger partial charge in [-0.05, 0) is 42.9 Å². The normalized spacial score (nSPS) is 19.8. The molecule has 1 saturated heterocycles. The summed E-state index contributed by atoms with van der Waals surface area (Å²) in [5.41, 5.74) is 2.01. The van der Waals surface area contributed by atoms with Gasteiger partial charge in [0.1, 0.15) is 5.75 Å². The molecule has 0 radical (unpaired) electrons. The van der Waals surface area contributed by atoms with Gasteiger partial charge in [0.2, 0.25) is 5.91 Å². The minimum atomic E-state index is -0.755. The van der Waals surface area contributed by atoms with Gasteiger partial charge in [-0.1, -0.05) is 42.5 Å². The van der Waals surface area contributed by atoms with Crippen molar-refractivity contribution in [3.8, 4) is 5.75 Å². The Balaban J connectivity index is 1.29. The van der Waals surface area contributed by atoms with Crippen molar-refractivity contribution >= 4 is 17.5 Å². The zero-order valence-corrected chi connectivity index (χ0v) is 15.3. The number of para-hydroxylation sites is 2. The van der Waals surface area contributed by atoms with E-state index in [9.17, 15) is 9.59 Å².